The van der Waals surface area contributed by atoms with E-state index in [0.29, 0.717) is 26.2 Å². The summed E-state index contributed by atoms with van der Waals surface area (Å²) in [5, 5.41) is 0. The Labute approximate surface area is 473 Å². The number of rotatable bonds is 36. The van der Waals surface area contributed by atoms with Gasteiger partial charge < -0.3 is 57.5 Å². The first-order valence-corrected chi connectivity index (χ1v) is 27.8. The molecule has 0 N–H and O–H groups in total. The minimum absolute atomic E-state index is 0.0748. The van der Waals surface area contributed by atoms with Gasteiger partial charge in [0, 0.05) is 26.2 Å². The number of alkyl halides is 4. The molecule has 0 rings (SSSR count). The van der Waals surface area contributed by atoms with Crippen molar-refractivity contribution in [3.05, 3.63) is 0 Å². The number of carbonyl (C=O) groups is 8. The SMILES string of the molecule is CN(C)CCOC(=O)C(Br)CC(C)(C)C(=O)OCC(COC(=O)C(C)(C)CC(Br)C(=O)OCCN(C)C)(COC(=O)C(C)(C)CC(Br)C(=O)OCCN(C)C)COC(=O)C(C)(C)CC(C)(Br)C(=O)OCCN(C)C. The minimum Gasteiger partial charge on any atom is -0.464 e. The maximum Gasteiger partial charge on any atom is 0.322 e. The molecule has 0 spiro atoms. The molecule has 0 heterocycles. The number of hydrogen-bond donors (Lipinski definition) is 0. The number of esters is 8. The van der Waals surface area contributed by atoms with E-state index in [9.17, 15) is 38.4 Å². The zero-order valence-corrected chi connectivity index (χ0v) is 53.2. The van der Waals surface area contributed by atoms with Gasteiger partial charge >= 0.3 is 47.8 Å². The summed E-state index contributed by atoms with van der Waals surface area (Å²) in [6.07, 6.45) is -0.331. The lowest BCUT2D eigenvalue weighted by Crippen LogP contribution is -2.48. The second kappa shape index (κ2) is 32.4. The third-order valence-corrected chi connectivity index (χ3v) is 14.1. The lowest BCUT2D eigenvalue weighted by molar-refractivity contribution is -0.182. The quantitative estimate of drug-likeness (QED) is 0.0418. The van der Waals surface area contributed by atoms with E-state index in [2.05, 4.69) is 63.7 Å². The van der Waals surface area contributed by atoms with Crippen LogP contribution in [0.4, 0.5) is 0 Å². The molecule has 0 aromatic carbocycles. The number of nitrogens with zero attached hydrogens (tertiary/aromatic N) is 4. The highest BCUT2D eigenvalue weighted by atomic mass is 79.9. The highest BCUT2D eigenvalue weighted by Gasteiger charge is 2.47. The molecule has 0 aliphatic rings. The minimum atomic E-state index is -1.82. The topological polar surface area (TPSA) is 223 Å². The fourth-order valence-corrected chi connectivity index (χ4v) is 10.1. The van der Waals surface area contributed by atoms with Crippen LogP contribution < -0.4 is 0 Å². The van der Waals surface area contributed by atoms with E-state index in [1.165, 1.54) is 0 Å². The van der Waals surface area contributed by atoms with Crippen LogP contribution >= 0.6 is 63.7 Å². The summed E-state index contributed by atoms with van der Waals surface area (Å²) in [5.41, 5.74) is -7.26. The Kier molecular flexibility index (Phi) is 31.3. The molecule has 0 saturated heterocycles. The van der Waals surface area contributed by atoms with Crippen LogP contribution in [0.2, 0.25) is 0 Å². The van der Waals surface area contributed by atoms with E-state index < -0.39 is 120 Å². The van der Waals surface area contributed by atoms with Crippen molar-refractivity contribution in [1.82, 2.24) is 19.6 Å². The number of carbonyl (C=O) groups excluding carboxylic acids is 8. The summed E-state index contributed by atoms with van der Waals surface area (Å²) < 4.78 is 44.2. The molecule has 0 amide bonds. The van der Waals surface area contributed by atoms with Crippen molar-refractivity contribution in [2.75, 3.05) is 135 Å². The first kappa shape index (κ1) is 71.5. The van der Waals surface area contributed by atoms with E-state index in [-0.39, 0.29) is 52.1 Å². The summed E-state index contributed by atoms with van der Waals surface area (Å²) in [6, 6.07) is 0. The highest BCUT2D eigenvalue weighted by Crippen LogP contribution is 2.38. The fraction of sp³-hybridized carbons (Fsp3) is 0.840. The van der Waals surface area contributed by atoms with Crippen molar-refractivity contribution < 1.29 is 76.3 Å². The Bertz CT molecular complexity index is 1690. The van der Waals surface area contributed by atoms with Crippen LogP contribution in [0.25, 0.3) is 0 Å². The molecule has 0 fully saturated rings. The van der Waals surface area contributed by atoms with Gasteiger partial charge in [0.2, 0.25) is 0 Å². The molecule has 4 unspecified atom stereocenters. The summed E-state index contributed by atoms with van der Waals surface area (Å²) in [4.78, 5) is 113. The normalized spacial score (nSPS) is 15.3. The molecule has 0 radical (unpaired) electrons. The molecule has 24 heteroatoms. The van der Waals surface area contributed by atoms with Gasteiger partial charge in [-0.2, -0.15) is 0 Å². The Morgan fingerprint density at radius 3 is 0.838 bits per heavy atom. The molecular weight excluding hydrogens is 1230 g/mol. The van der Waals surface area contributed by atoms with Gasteiger partial charge in [-0.15, -0.1) is 0 Å². The smallest absolute Gasteiger partial charge is 0.322 e. The summed E-state index contributed by atoms with van der Waals surface area (Å²) >= 11 is 13.5. The van der Waals surface area contributed by atoms with Gasteiger partial charge in [-0.25, -0.2) is 0 Å². The van der Waals surface area contributed by atoms with E-state index >= 15 is 0 Å². The van der Waals surface area contributed by atoms with Gasteiger partial charge in [0.05, 0.1) is 21.7 Å². The molecular formula is C50H86Br4N4O16. The van der Waals surface area contributed by atoms with Crippen molar-refractivity contribution in [2.45, 2.75) is 107 Å². The van der Waals surface area contributed by atoms with Crippen LogP contribution in [0, 0.1) is 27.1 Å². The Morgan fingerprint density at radius 1 is 0.365 bits per heavy atom. The zero-order valence-electron chi connectivity index (χ0n) is 46.9. The fourth-order valence-electron chi connectivity index (χ4n) is 6.45. The van der Waals surface area contributed by atoms with E-state index in [1.807, 2.05) is 76.0 Å². The molecule has 0 saturated carbocycles. The Balaban J connectivity index is 7.28. The molecule has 0 aromatic rings. The van der Waals surface area contributed by atoms with Crippen LogP contribution in [0.5, 0.6) is 0 Å². The van der Waals surface area contributed by atoms with E-state index in [4.69, 9.17) is 37.9 Å². The van der Waals surface area contributed by atoms with Crippen molar-refractivity contribution in [3.63, 3.8) is 0 Å². The second-order valence-electron chi connectivity index (χ2n) is 22.6. The number of ether oxygens (including phenoxy) is 8. The molecule has 0 aliphatic carbocycles. The van der Waals surface area contributed by atoms with Crippen LogP contribution in [0.3, 0.4) is 0 Å². The third-order valence-electron chi connectivity index (χ3n) is 11.4. The summed E-state index contributed by atoms with van der Waals surface area (Å²) in [5.74, 6) is -5.66. The zero-order chi connectivity index (χ0) is 57.6. The highest BCUT2D eigenvalue weighted by molar-refractivity contribution is 9.10. The van der Waals surface area contributed by atoms with Gasteiger partial charge in [-0.05, 0) is 144 Å². The van der Waals surface area contributed by atoms with Gasteiger partial charge in [0.15, 0.2) is 0 Å². The van der Waals surface area contributed by atoms with Crippen molar-refractivity contribution >= 4 is 111 Å². The summed E-state index contributed by atoms with van der Waals surface area (Å²) in [6.45, 7) is 13.7. The molecule has 0 aliphatic heterocycles. The average Bonchev–Trinajstić information content (AvgIpc) is 3.26. The first-order chi connectivity index (χ1) is 33.7. The predicted octanol–water partition coefficient (Wildman–Crippen LogP) is 5.67. The number of halogens is 4. The van der Waals surface area contributed by atoms with E-state index in [0.717, 1.165) is 0 Å². The summed E-state index contributed by atoms with van der Waals surface area (Å²) in [7, 11) is 14.6. The standard InChI is InChI=1S/C50H86Br4N4O16/c1-45(2,26-34(51)37(59)67-22-18-55(10)11)40(62)71-30-50(31-72-41(63)46(3,4)27-35(52)38(60)68-23-19-56(12)13,32-73-42(64)47(5,6)28-36(53)39(61)69-24-20-57(14)15)33-74-43(65)48(7,8)29-49(9,54)44(66)70-25-21-58(16)17/h34-36H,18-33H2,1-17H3. The van der Waals surface area contributed by atoms with Gasteiger partial charge in [-0.1, -0.05) is 63.7 Å². The molecule has 20 nitrogen and oxygen atoms in total. The first-order valence-electron chi connectivity index (χ1n) is 24.3. The average molecular weight is 1320 g/mol. The largest absolute Gasteiger partial charge is 0.464 e. The molecule has 74 heavy (non-hydrogen) atoms. The van der Waals surface area contributed by atoms with Crippen molar-refractivity contribution in [1.29, 1.82) is 0 Å². The van der Waals surface area contributed by atoms with E-state index in [1.54, 1.807) is 62.3 Å². The van der Waals surface area contributed by atoms with Gasteiger partial charge in [0.25, 0.3) is 0 Å². The Hall–Kier alpha value is -2.48. The Morgan fingerprint density at radius 2 is 0.595 bits per heavy atom. The number of hydrogen-bond acceptors (Lipinski definition) is 20. The lowest BCUT2D eigenvalue weighted by atomic mass is 9.83. The maximum absolute atomic E-state index is 14.2. The lowest BCUT2D eigenvalue weighted by Gasteiger charge is -2.36. The number of likely N-dealkylation sites (N-methyl/N-ethyl adjacent to an activating group) is 4. The monoisotopic (exact) mass is 1310 g/mol. The predicted molar refractivity (Wildman–Crippen MR) is 293 cm³/mol. The molecule has 0 aromatic heterocycles. The van der Waals surface area contributed by atoms with Crippen LogP contribution in [-0.4, -0.2) is 222 Å². The molecule has 0 bridgehead atoms. The van der Waals surface area contributed by atoms with Crippen molar-refractivity contribution in [3.8, 4) is 0 Å². The maximum atomic E-state index is 14.2. The third kappa shape index (κ3) is 27.7. The van der Waals surface area contributed by atoms with Crippen LogP contribution in [0.1, 0.15) is 88.0 Å². The second-order valence-corrected chi connectivity index (χ2v) is 27.6. The molecule has 430 valence electrons. The van der Waals surface area contributed by atoms with Gasteiger partial charge in [-0.3, -0.25) is 38.4 Å². The van der Waals surface area contributed by atoms with Crippen molar-refractivity contribution in [2.24, 2.45) is 27.1 Å². The van der Waals surface area contributed by atoms with Crippen LogP contribution in [0.15, 0.2) is 0 Å². The molecule has 4 atom stereocenters. The van der Waals surface area contributed by atoms with Crippen LogP contribution in [-0.2, 0) is 76.3 Å². The van der Waals surface area contributed by atoms with Gasteiger partial charge in [0.1, 0.15) is 77.1 Å².